The Morgan fingerprint density at radius 2 is 1.82 bits per heavy atom. The van der Waals surface area contributed by atoms with Crippen LogP contribution in [0.1, 0.15) is 23.1 Å². The number of imidazole rings is 1. The Morgan fingerprint density at radius 1 is 1.03 bits per heavy atom. The lowest BCUT2D eigenvalue weighted by atomic mass is 9.86. The molecule has 0 amide bonds. The van der Waals surface area contributed by atoms with E-state index >= 15 is 0 Å². The summed E-state index contributed by atoms with van der Waals surface area (Å²) in [6, 6.07) is 18.0. The van der Waals surface area contributed by atoms with Gasteiger partial charge in [0.25, 0.3) is 0 Å². The molecule has 2 N–H and O–H groups in total. The second kappa shape index (κ2) is 8.34. The number of amidine groups is 1. The highest BCUT2D eigenvalue weighted by molar-refractivity contribution is 5.92. The topological polar surface area (TPSA) is 86.2 Å². The van der Waals surface area contributed by atoms with E-state index in [0.717, 1.165) is 39.8 Å². The van der Waals surface area contributed by atoms with Crippen LogP contribution in [-0.2, 0) is 18.6 Å². The van der Waals surface area contributed by atoms with Gasteiger partial charge in [-0.2, -0.15) is 0 Å². The molecule has 1 fully saturated rings. The van der Waals surface area contributed by atoms with Gasteiger partial charge in [-0.3, -0.25) is 4.99 Å². The lowest BCUT2D eigenvalue weighted by Gasteiger charge is -2.48. The molecule has 0 bridgehead atoms. The van der Waals surface area contributed by atoms with Crippen molar-refractivity contribution in [3.63, 3.8) is 0 Å². The van der Waals surface area contributed by atoms with Gasteiger partial charge < -0.3 is 19.7 Å². The fourth-order valence-corrected chi connectivity index (χ4v) is 5.09. The minimum atomic E-state index is -0.866. The van der Waals surface area contributed by atoms with E-state index in [9.17, 15) is 10.2 Å². The molecule has 0 aliphatic carbocycles. The van der Waals surface area contributed by atoms with Gasteiger partial charge in [0.2, 0.25) is 0 Å². The summed E-state index contributed by atoms with van der Waals surface area (Å²) in [5, 5.41) is 22.5. The highest BCUT2D eigenvalue weighted by atomic mass is 16.3. The number of aliphatic hydroxyl groups is 2. The fourth-order valence-electron chi connectivity index (χ4n) is 5.09. The Morgan fingerprint density at radius 3 is 2.65 bits per heavy atom. The van der Waals surface area contributed by atoms with E-state index in [1.807, 2.05) is 47.2 Å². The third-order valence-corrected chi connectivity index (χ3v) is 6.95. The highest BCUT2D eigenvalue weighted by Gasteiger charge is 2.44. The van der Waals surface area contributed by atoms with Crippen LogP contribution in [0.25, 0.3) is 11.8 Å². The molecular formula is C27H27N5O2. The summed E-state index contributed by atoms with van der Waals surface area (Å²) in [4.78, 5) is 16.8. The summed E-state index contributed by atoms with van der Waals surface area (Å²) in [7, 11) is 0. The van der Waals surface area contributed by atoms with Crippen molar-refractivity contribution in [2.45, 2.75) is 31.0 Å². The van der Waals surface area contributed by atoms with Gasteiger partial charge in [0.1, 0.15) is 16.8 Å². The van der Waals surface area contributed by atoms with Gasteiger partial charge >= 0.3 is 0 Å². The molecular weight excluding hydrogens is 426 g/mol. The SMILES string of the molecule is OCCn1cnc2c1=CCC(N1CC(O)(c3ccccc3)C1)=NC=2C1Cc2ccccc2C=N1. The third kappa shape index (κ3) is 3.57. The van der Waals surface area contributed by atoms with Crippen molar-refractivity contribution < 1.29 is 10.2 Å². The van der Waals surface area contributed by atoms with Crippen LogP contribution in [0.15, 0.2) is 70.9 Å². The lowest BCUT2D eigenvalue weighted by molar-refractivity contribution is -0.0722. The van der Waals surface area contributed by atoms with E-state index in [2.05, 4.69) is 29.2 Å². The van der Waals surface area contributed by atoms with E-state index in [1.54, 1.807) is 6.33 Å². The van der Waals surface area contributed by atoms with Gasteiger partial charge in [0.05, 0.1) is 43.1 Å². The number of benzene rings is 2. The normalized spacial score (nSPS) is 20.5. The molecule has 1 unspecified atom stereocenters. The molecule has 0 saturated carbocycles. The third-order valence-electron chi connectivity index (χ3n) is 6.95. The smallest absolute Gasteiger partial charge is 0.124 e. The molecule has 3 aliphatic heterocycles. The van der Waals surface area contributed by atoms with Gasteiger partial charge in [-0.05, 0) is 16.7 Å². The summed E-state index contributed by atoms with van der Waals surface area (Å²) in [6.07, 6.45) is 7.23. The molecule has 3 aromatic rings. The maximum Gasteiger partial charge on any atom is 0.124 e. The predicted octanol–water partition coefficient (Wildman–Crippen LogP) is 0.814. The van der Waals surface area contributed by atoms with Gasteiger partial charge in [0.15, 0.2) is 0 Å². The van der Waals surface area contributed by atoms with E-state index in [1.165, 1.54) is 5.56 Å². The van der Waals surface area contributed by atoms with E-state index in [-0.39, 0.29) is 12.6 Å². The predicted molar refractivity (Wildman–Crippen MR) is 132 cm³/mol. The minimum Gasteiger partial charge on any atom is -0.395 e. The zero-order chi connectivity index (χ0) is 23.1. The van der Waals surface area contributed by atoms with Crippen molar-refractivity contribution >= 4 is 23.8 Å². The zero-order valence-corrected chi connectivity index (χ0v) is 18.9. The quantitative estimate of drug-likeness (QED) is 0.612. The van der Waals surface area contributed by atoms with Crippen LogP contribution in [0.3, 0.4) is 0 Å². The van der Waals surface area contributed by atoms with E-state index < -0.39 is 5.60 Å². The average Bonchev–Trinajstić information content (AvgIpc) is 3.14. The molecule has 7 heteroatoms. The first-order valence-electron chi connectivity index (χ1n) is 11.7. The van der Waals surface area contributed by atoms with Crippen molar-refractivity contribution in [3.8, 4) is 0 Å². The number of aromatic nitrogens is 2. The summed E-state index contributed by atoms with van der Waals surface area (Å²) in [5.41, 5.74) is 3.30. The highest BCUT2D eigenvalue weighted by Crippen LogP contribution is 2.33. The molecule has 1 aromatic heterocycles. The largest absolute Gasteiger partial charge is 0.395 e. The van der Waals surface area contributed by atoms with Crippen molar-refractivity contribution in [2.75, 3.05) is 19.7 Å². The molecule has 0 radical (unpaired) electrons. The standard InChI is InChI=1S/C27H27N5O2/c33-13-12-31-18-29-26-23(31)10-11-24(32-16-27(34,17-32)21-8-2-1-3-9-21)30-25(26)22-14-19-6-4-5-7-20(19)15-28-22/h1-10,15,18,22,33-34H,11-14,16-17H2. The van der Waals surface area contributed by atoms with Crippen LogP contribution in [-0.4, -0.2) is 62.5 Å². The molecule has 0 spiro atoms. The van der Waals surface area contributed by atoms with Crippen LogP contribution in [0.4, 0.5) is 0 Å². The van der Waals surface area contributed by atoms with Crippen molar-refractivity contribution in [2.24, 2.45) is 9.98 Å². The number of aliphatic hydroxyl groups excluding tert-OH is 1. The van der Waals surface area contributed by atoms with Crippen LogP contribution < -0.4 is 10.7 Å². The number of nitrogens with zero attached hydrogens (tertiary/aromatic N) is 5. The number of fused-ring (bicyclic) bond motifs is 2. The van der Waals surface area contributed by atoms with Gasteiger partial charge in [0, 0.05) is 25.6 Å². The van der Waals surface area contributed by atoms with E-state index in [4.69, 9.17) is 15.0 Å². The van der Waals surface area contributed by atoms with Gasteiger partial charge in [-0.1, -0.05) is 60.7 Å². The Hall–Kier alpha value is -3.55. The van der Waals surface area contributed by atoms with Crippen molar-refractivity contribution in [1.29, 1.82) is 0 Å². The zero-order valence-electron chi connectivity index (χ0n) is 18.9. The number of hydrogen-bond donors (Lipinski definition) is 2. The summed E-state index contributed by atoms with van der Waals surface area (Å²) in [6.45, 7) is 1.53. The van der Waals surface area contributed by atoms with Gasteiger partial charge in [-0.15, -0.1) is 0 Å². The maximum absolute atomic E-state index is 11.1. The molecule has 1 atom stereocenters. The number of rotatable bonds is 4. The first-order valence-corrected chi connectivity index (χ1v) is 11.7. The number of likely N-dealkylation sites (tertiary alicyclic amines) is 1. The number of hydrogen-bond acceptors (Lipinski definition) is 6. The second-order valence-electron chi connectivity index (χ2n) is 9.17. The Kier molecular flexibility index (Phi) is 5.16. The monoisotopic (exact) mass is 453 g/mol. The molecule has 34 heavy (non-hydrogen) atoms. The molecule has 172 valence electrons. The second-order valence-corrected chi connectivity index (χ2v) is 9.17. The van der Waals surface area contributed by atoms with Crippen LogP contribution in [0.5, 0.6) is 0 Å². The first kappa shape index (κ1) is 21.0. The van der Waals surface area contributed by atoms with Crippen LogP contribution in [0, 0.1) is 0 Å². The maximum atomic E-state index is 11.1. The minimum absolute atomic E-state index is 0.0465. The fraction of sp³-hybridized carbons (Fsp3) is 0.296. The van der Waals surface area contributed by atoms with Crippen LogP contribution in [0.2, 0.25) is 0 Å². The summed E-state index contributed by atoms with van der Waals surface area (Å²) >= 11 is 0. The Balaban J connectivity index is 1.37. The molecule has 3 aliphatic rings. The van der Waals surface area contributed by atoms with E-state index in [0.29, 0.717) is 26.1 Å². The van der Waals surface area contributed by atoms with Gasteiger partial charge in [-0.25, -0.2) is 9.98 Å². The Bertz CT molecular complexity index is 1400. The molecule has 6 rings (SSSR count). The summed E-state index contributed by atoms with van der Waals surface area (Å²) in [5.74, 6) is 0.915. The molecule has 7 nitrogen and oxygen atoms in total. The average molecular weight is 454 g/mol. The summed E-state index contributed by atoms with van der Waals surface area (Å²) < 4.78 is 1.98. The number of aliphatic imine (C=N–C) groups is 2. The first-order chi connectivity index (χ1) is 16.6. The lowest BCUT2D eigenvalue weighted by Crippen LogP contribution is -2.61. The molecule has 2 aromatic carbocycles. The van der Waals surface area contributed by atoms with Crippen molar-refractivity contribution in [1.82, 2.24) is 14.5 Å². The Labute approximate surface area is 197 Å². The molecule has 4 heterocycles. The molecule has 1 saturated heterocycles. The number of β-amino-alcohol motifs (C(OH)–C–C–N with tert-alkyl or cyclic N) is 1. The van der Waals surface area contributed by atoms with Crippen molar-refractivity contribution in [3.05, 3.63) is 88.3 Å². The van der Waals surface area contributed by atoms with Crippen LogP contribution >= 0.6 is 0 Å².